The van der Waals surface area contributed by atoms with Crippen LogP contribution in [0, 0.1) is 17.8 Å². The first-order chi connectivity index (χ1) is 7.35. The lowest BCUT2D eigenvalue weighted by Crippen LogP contribution is -2.21. The summed E-state index contributed by atoms with van der Waals surface area (Å²) in [5.41, 5.74) is 0. The van der Waals surface area contributed by atoms with Crippen LogP contribution in [0.3, 0.4) is 0 Å². The van der Waals surface area contributed by atoms with E-state index in [1.807, 2.05) is 6.08 Å². The highest BCUT2D eigenvalue weighted by molar-refractivity contribution is 4.94. The number of hydrogen-bond acceptors (Lipinski definition) is 3. The molecule has 1 aliphatic carbocycles. The van der Waals surface area contributed by atoms with Crippen LogP contribution >= 0.6 is 0 Å². The Kier molecular flexibility index (Phi) is 3.78. The van der Waals surface area contributed by atoms with Crippen LogP contribution in [0.2, 0.25) is 0 Å². The summed E-state index contributed by atoms with van der Waals surface area (Å²) < 4.78 is 0. The van der Waals surface area contributed by atoms with E-state index in [2.05, 4.69) is 11.5 Å². The Labute approximate surface area is 92.0 Å². The Morgan fingerprint density at radius 2 is 2.20 bits per heavy atom. The molecule has 1 saturated carbocycles. The second kappa shape index (κ2) is 5.10. The standard InChI is InChI=1S/C12H21NO2/c1-3-6-13-7-11(9-15-14-2)12(8-13)10-4-5-10/h3,10-12H,1,4-9H2,2H3. The van der Waals surface area contributed by atoms with Crippen LogP contribution in [-0.4, -0.2) is 38.3 Å². The van der Waals surface area contributed by atoms with E-state index in [0.29, 0.717) is 5.92 Å². The third-order valence-corrected chi connectivity index (χ3v) is 3.58. The van der Waals surface area contributed by atoms with Crippen LogP contribution < -0.4 is 0 Å². The number of rotatable bonds is 6. The molecule has 3 heteroatoms. The van der Waals surface area contributed by atoms with Gasteiger partial charge in [-0.25, -0.2) is 9.78 Å². The molecule has 2 rings (SSSR count). The molecule has 1 saturated heterocycles. The van der Waals surface area contributed by atoms with Gasteiger partial charge in [0.05, 0.1) is 13.7 Å². The van der Waals surface area contributed by atoms with Crippen molar-refractivity contribution in [2.24, 2.45) is 17.8 Å². The zero-order valence-corrected chi connectivity index (χ0v) is 9.52. The quantitative estimate of drug-likeness (QED) is 0.379. The van der Waals surface area contributed by atoms with Gasteiger partial charge in [-0.3, -0.25) is 4.90 Å². The molecule has 1 heterocycles. The minimum atomic E-state index is 0.650. The maximum Gasteiger partial charge on any atom is 0.0865 e. The van der Waals surface area contributed by atoms with E-state index in [1.54, 1.807) is 7.11 Å². The number of likely N-dealkylation sites (tertiary alicyclic amines) is 1. The summed E-state index contributed by atoms with van der Waals surface area (Å²) in [6, 6.07) is 0. The fraction of sp³-hybridized carbons (Fsp3) is 0.833. The number of nitrogens with zero attached hydrogens (tertiary/aromatic N) is 1. The molecule has 15 heavy (non-hydrogen) atoms. The first-order valence-corrected chi connectivity index (χ1v) is 5.84. The van der Waals surface area contributed by atoms with Gasteiger partial charge in [0.15, 0.2) is 0 Å². The monoisotopic (exact) mass is 211 g/mol. The van der Waals surface area contributed by atoms with Crippen molar-refractivity contribution < 1.29 is 9.78 Å². The summed E-state index contributed by atoms with van der Waals surface area (Å²) in [7, 11) is 1.59. The van der Waals surface area contributed by atoms with E-state index in [0.717, 1.165) is 31.5 Å². The molecule has 2 atom stereocenters. The Balaban J connectivity index is 1.85. The summed E-state index contributed by atoms with van der Waals surface area (Å²) in [5.74, 6) is 2.42. The predicted octanol–water partition coefficient (Wildman–Crippen LogP) is 1.71. The molecule has 0 N–H and O–H groups in total. The lowest BCUT2D eigenvalue weighted by molar-refractivity contribution is -0.281. The normalized spacial score (nSPS) is 32.1. The molecule has 2 aliphatic rings. The number of hydrogen-bond donors (Lipinski definition) is 0. The molecule has 0 aromatic rings. The second-order valence-corrected chi connectivity index (χ2v) is 4.72. The summed E-state index contributed by atoms with van der Waals surface area (Å²) in [6.07, 6.45) is 4.82. The molecule has 2 fully saturated rings. The molecule has 0 amide bonds. The third-order valence-electron chi connectivity index (χ3n) is 3.58. The van der Waals surface area contributed by atoms with Gasteiger partial charge in [0.2, 0.25) is 0 Å². The molecule has 0 radical (unpaired) electrons. The van der Waals surface area contributed by atoms with Crippen molar-refractivity contribution in [3.63, 3.8) is 0 Å². The molecular formula is C12H21NO2. The van der Waals surface area contributed by atoms with Crippen molar-refractivity contribution >= 4 is 0 Å². The summed E-state index contributed by atoms with van der Waals surface area (Å²) in [5, 5.41) is 0. The van der Waals surface area contributed by atoms with Crippen LogP contribution in [0.15, 0.2) is 12.7 Å². The Hall–Kier alpha value is -0.380. The van der Waals surface area contributed by atoms with E-state index in [9.17, 15) is 0 Å². The Bertz CT molecular complexity index is 216. The molecular weight excluding hydrogens is 190 g/mol. The minimum Gasteiger partial charge on any atom is -0.299 e. The van der Waals surface area contributed by atoms with Crippen molar-refractivity contribution in [1.29, 1.82) is 0 Å². The van der Waals surface area contributed by atoms with Gasteiger partial charge in [-0.15, -0.1) is 6.58 Å². The van der Waals surface area contributed by atoms with E-state index in [4.69, 9.17) is 9.78 Å². The molecule has 1 aliphatic heterocycles. The first kappa shape index (κ1) is 11.1. The molecule has 0 aromatic carbocycles. The SMILES string of the molecule is C=CCN1CC(COOC)C(C2CC2)C1. The second-order valence-electron chi connectivity index (χ2n) is 4.72. The Morgan fingerprint density at radius 1 is 1.40 bits per heavy atom. The smallest absolute Gasteiger partial charge is 0.0865 e. The molecule has 0 bridgehead atoms. The van der Waals surface area contributed by atoms with Crippen molar-refractivity contribution in [3.05, 3.63) is 12.7 Å². The van der Waals surface area contributed by atoms with Gasteiger partial charge >= 0.3 is 0 Å². The topological polar surface area (TPSA) is 21.7 Å². The predicted molar refractivity (Wildman–Crippen MR) is 59.3 cm³/mol. The lowest BCUT2D eigenvalue weighted by Gasteiger charge is -2.16. The lowest BCUT2D eigenvalue weighted by atomic mass is 9.92. The minimum absolute atomic E-state index is 0.650. The maximum absolute atomic E-state index is 5.10. The van der Waals surface area contributed by atoms with Crippen LogP contribution in [-0.2, 0) is 9.78 Å². The molecule has 0 aromatic heterocycles. The van der Waals surface area contributed by atoms with E-state index < -0.39 is 0 Å². The largest absolute Gasteiger partial charge is 0.299 e. The van der Waals surface area contributed by atoms with E-state index >= 15 is 0 Å². The first-order valence-electron chi connectivity index (χ1n) is 5.84. The van der Waals surface area contributed by atoms with Crippen LogP contribution in [0.1, 0.15) is 12.8 Å². The zero-order valence-electron chi connectivity index (χ0n) is 9.52. The van der Waals surface area contributed by atoms with Gasteiger partial charge in [0.25, 0.3) is 0 Å². The average molecular weight is 211 g/mol. The van der Waals surface area contributed by atoms with Crippen LogP contribution in [0.5, 0.6) is 0 Å². The molecule has 0 spiro atoms. The van der Waals surface area contributed by atoms with Crippen LogP contribution in [0.4, 0.5) is 0 Å². The highest BCUT2D eigenvalue weighted by atomic mass is 17.2. The van der Waals surface area contributed by atoms with E-state index in [-0.39, 0.29) is 0 Å². The van der Waals surface area contributed by atoms with Crippen molar-refractivity contribution in [2.45, 2.75) is 12.8 Å². The van der Waals surface area contributed by atoms with Gasteiger partial charge in [-0.05, 0) is 24.7 Å². The third kappa shape index (κ3) is 2.80. The van der Waals surface area contributed by atoms with Gasteiger partial charge in [0, 0.05) is 25.6 Å². The zero-order chi connectivity index (χ0) is 10.7. The average Bonchev–Trinajstić information content (AvgIpc) is 2.99. The fourth-order valence-corrected chi connectivity index (χ4v) is 2.71. The van der Waals surface area contributed by atoms with Gasteiger partial charge in [-0.1, -0.05) is 6.08 Å². The van der Waals surface area contributed by atoms with E-state index in [1.165, 1.54) is 19.4 Å². The van der Waals surface area contributed by atoms with Crippen molar-refractivity contribution in [2.75, 3.05) is 33.4 Å². The Morgan fingerprint density at radius 3 is 2.80 bits per heavy atom. The highest BCUT2D eigenvalue weighted by Gasteiger charge is 2.42. The van der Waals surface area contributed by atoms with Gasteiger partial charge in [0.1, 0.15) is 0 Å². The van der Waals surface area contributed by atoms with Crippen LogP contribution in [0.25, 0.3) is 0 Å². The summed E-state index contributed by atoms with van der Waals surface area (Å²) in [4.78, 5) is 12.3. The molecule has 86 valence electrons. The molecule has 2 unspecified atom stereocenters. The molecule has 3 nitrogen and oxygen atoms in total. The van der Waals surface area contributed by atoms with Crippen molar-refractivity contribution in [1.82, 2.24) is 4.90 Å². The fourth-order valence-electron chi connectivity index (χ4n) is 2.71. The van der Waals surface area contributed by atoms with Crippen molar-refractivity contribution in [3.8, 4) is 0 Å². The van der Waals surface area contributed by atoms with Gasteiger partial charge < -0.3 is 0 Å². The highest BCUT2D eigenvalue weighted by Crippen LogP contribution is 2.43. The van der Waals surface area contributed by atoms with Gasteiger partial charge in [-0.2, -0.15) is 0 Å². The summed E-state index contributed by atoms with van der Waals surface area (Å²) in [6.45, 7) is 7.90. The maximum atomic E-state index is 5.10. The summed E-state index contributed by atoms with van der Waals surface area (Å²) >= 11 is 0.